The average molecular weight is 420 g/mol. The van der Waals surface area contributed by atoms with Crippen molar-refractivity contribution in [1.29, 1.82) is 0 Å². The van der Waals surface area contributed by atoms with Crippen molar-refractivity contribution >= 4 is 23.3 Å². The Hall–Kier alpha value is -3.11. The van der Waals surface area contributed by atoms with E-state index < -0.39 is 42.3 Å². The third-order valence-electron chi connectivity index (χ3n) is 4.95. The molecule has 0 spiro atoms. The fourth-order valence-corrected chi connectivity index (χ4v) is 3.11. The molecule has 0 radical (unpaired) electrons. The summed E-state index contributed by atoms with van der Waals surface area (Å²) >= 11 is 0. The number of nitrogens with zero attached hydrogens (tertiary/aromatic N) is 2. The average Bonchev–Trinajstić information content (AvgIpc) is 2.90. The number of rotatable bonds is 7. The van der Waals surface area contributed by atoms with Crippen LogP contribution in [0.5, 0.6) is 0 Å². The van der Waals surface area contributed by atoms with Gasteiger partial charge in [-0.05, 0) is 39.3 Å². The number of Topliss-reactive ketones (excluding diaryl/α,β-unsaturated/α-hetero) is 1. The van der Waals surface area contributed by atoms with Crippen LogP contribution < -0.4 is 10.6 Å². The largest absolute Gasteiger partial charge is 0.394 e. The van der Waals surface area contributed by atoms with Gasteiger partial charge in [0, 0.05) is 18.3 Å². The van der Waals surface area contributed by atoms with E-state index in [1.807, 2.05) is 0 Å². The molecule has 0 saturated heterocycles. The highest BCUT2D eigenvalue weighted by Crippen LogP contribution is 2.23. The van der Waals surface area contributed by atoms with Crippen molar-refractivity contribution in [3.8, 4) is 0 Å². The summed E-state index contributed by atoms with van der Waals surface area (Å²) < 4.78 is 14.8. The quantitative estimate of drug-likeness (QED) is 0.297. The molecule has 2 rings (SSSR count). The van der Waals surface area contributed by atoms with E-state index in [2.05, 4.69) is 15.6 Å². The number of pyridine rings is 1. The van der Waals surface area contributed by atoms with Crippen LogP contribution in [-0.4, -0.2) is 56.1 Å². The van der Waals surface area contributed by atoms with E-state index in [0.29, 0.717) is 5.69 Å². The lowest BCUT2D eigenvalue weighted by molar-refractivity contribution is -0.118. The number of aliphatic hydroxyl groups excluding tert-OH is 2. The molecule has 0 saturated carbocycles. The standard InChI is InChI=1S/C20H25FN4O5/c1-9-6-13(7-22-18(9)21)23-19(29)15-10(2)16(25(5)11(15)3)17(28)20(30)24-14(8-26)12(4)27/h6-7,12,14,26-27H,8H2,1-5H3,(H,23,29)(H,24,30)/t12-,14-/m1/s1. The first-order valence-corrected chi connectivity index (χ1v) is 9.23. The zero-order valence-corrected chi connectivity index (χ0v) is 17.4. The SMILES string of the molecule is Cc1cc(NC(=O)c2c(C)c(C(=O)C(=O)N[C@H](CO)[C@@H](C)O)n(C)c2C)cnc1F. The van der Waals surface area contributed by atoms with E-state index in [9.17, 15) is 29.0 Å². The Bertz CT molecular complexity index is 1000. The molecule has 2 amide bonds. The Morgan fingerprint density at radius 3 is 2.43 bits per heavy atom. The van der Waals surface area contributed by atoms with Gasteiger partial charge in [0.15, 0.2) is 0 Å². The molecule has 10 heteroatoms. The van der Waals surface area contributed by atoms with E-state index in [1.165, 1.54) is 37.6 Å². The molecule has 162 valence electrons. The normalized spacial score (nSPS) is 12.9. The number of anilines is 1. The molecule has 4 N–H and O–H groups in total. The van der Waals surface area contributed by atoms with E-state index in [0.717, 1.165) is 0 Å². The van der Waals surface area contributed by atoms with Gasteiger partial charge in [-0.2, -0.15) is 4.39 Å². The van der Waals surface area contributed by atoms with Gasteiger partial charge in [0.2, 0.25) is 5.95 Å². The zero-order chi connectivity index (χ0) is 22.7. The number of aryl methyl sites for hydroxylation is 1. The van der Waals surface area contributed by atoms with Crippen LogP contribution in [0.1, 0.15) is 44.6 Å². The molecule has 2 atom stereocenters. The smallest absolute Gasteiger partial charge is 0.294 e. The second-order valence-electron chi connectivity index (χ2n) is 7.11. The molecule has 0 bridgehead atoms. The molecule has 9 nitrogen and oxygen atoms in total. The minimum atomic E-state index is -1.06. The number of hydrogen-bond acceptors (Lipinski definition) is 6. The predicted octanol–water partition coefficient (Wildman–Crippen LogP) is 0.777. The maximum atomic E-state index is 13.3. The summed E-state index contributed by atoms with van der Waals surface area (Å²) in [6.45, 7) is 5.50. The van der Waals surface area contributed by atoms with E-state index in [1.54, 1.807) is 14.0 Å². The number of aromatic nitrogens is 2. The van der Waals surface area contributed by atoms with Gasteiger partial charge in [-0.3, -0.25) is 14.4 Å². The molecule has 2 heterocycles. The third-order valence-corrected chi connectivity index (χ3v) is 4.95. The number of carbonyl (C=O) groups is 3. The van der Waals surface area contributed by atoms with Crippen LogP contribution in [0, 0.1) is 26.7 Å². The molecule has 0 aromatic carbocycles. The number of halogens is 1. The van der Waals surface area contributed by atoms with E-state index in [4.69, 9.17) is 0 Å². The Morgan fingerprint density at radius 2 is 1.90 bits per heavy atom. The molecule has 0 aliphatic heterocycles. The van der Waals surface area contributed by atoms with Crippen molar-refractivity contribution in [3.05, 3.63) is 46.3 Å². The zero-order valence-electron chi connectivity index (χ0n) is 17.4. The maximum Gasteiger partial charge on any atom is 0.294 e. The summed E-state index contributed by atoms with van der Waals surface area (Å²) in [4.78, 5) is 41.4. The predicted molar refractivity (Wildman–Crippen MR) is 107 cm³/mol. The van der Waals surface area contributed by atoms with Crippen LogP contribution in [0.4, 0.5) is 10.1 Å². The molecular weight excluding hydrogens is 395 g/mol. The van der Waals surface area contributed by atoms with Crippen molar-refractivity contribution in [2.24, 2.45) is 7.05 Å². The minimum absolute atomic E-state index is 0.00541. The Morgan fingerprint density at radius 1 is 1.27 bits per heavy atom. The summed E-state index contributed by atoms with van der Waals surface area (Å²) in [6.07, 6.45) is 0.121. The molecule has 0 aliphatic carbocycles. The maximum absolute atomic E-state index is 13.3. The van der Waals surface area contributed by atoms with Gasteiger partial charge >= 0.3 is 0 Å². The van der Waals surface area contributed by atoms with Crippen LogP contribution >= 0.6 is 0 Å². The highest BCUT2D eigenvalue weighted by atomic mass is 19.1. The topological polar surface area (TPSA) is 134 Å². The first-order chi connectivity index (χ1) is 14.0. The van der Waals surface area contributed by atoms with Gasteiger partial charge < -0.3 is 25.4 Å². The number of hydrogen-bond donors (Lipinski definition) is 4. The molecule has 0 aliphatic rings. The van der Waals surface area contributed by atoms with Crippen molar-refractivity contribution < 1.29 is 29.0 Å². The van der Waals surface area contributed by atoms with E-state index in [-0.39, 0.29) is 28.1 Å². The van der Waals surface area contributed by atoms with Gasteiger partial charge in [0.1, 0.15) is 0 Å². The third kappa shape index (κ3) is 4.55. The molecular formula is C20H25FN4O5. The van der Waals surface area contributed by atoms with Gasteiger partial charge in [-0.15, -0.1) is 0 Å². The summed E-state index contributed by atoms with van der Waals surface area (Å²) in [5.74, 6) is -3.10. The van der Waals surface area contributed by atoms with Gasteiger partial charge in [0.05, 0.1) is 41.9 Å². The fraction of sp³-hybridized carbons (Fsp3) is 0.400. The lowest BCUT2D eigenvalue weighted by atomic mass is 10.1. The Kier molecular flexibility index (Phi) is 7.06. The number of aliphatic hydroxyl groups is 2. The number of ketones is 1. The summed E-state index contributed by atoms with van der Waals surface area (Å²) in [6, 6.07) is 0.429. The van der Waals surface area contributed by atoms with Gasteiger partial charge in [-0.25, -0.2) is 4.98 Å². The van der Waals surface area contributed by atoms with Crippen LogP contribution in [-0.2, 0) is 11.8 Å². The number of carbonyl (C=O) groups excluding carboxylic acids is 3. The summed E-state index contributed by atoms with van der Waals surface area (Å²) in [5.41, 5.74) is 1.49. The van der Waals surface area contributed by atoms with Crippen LogP contribution in [0.2, 0.25) is 0 Å². The number of nitrogens with one attached hydrogen (secondary N) is 2. The van der Waals surface area contributed by atoms with E-state index >= 15 is 0 Å². The number of amides is 2. The first kappa shape index (κ1) is 23.2. The second kappa shape index (κ2) is 9.14. The Balaban J connectivity index is 2.33. The van der Waals surface area contributed by atoms with Crippen LogP contribution in [0.3, 0.4) is 0 Å². The Labute approximate surface area is 172 Å². The summed E-state index contributed by atoms with van der Waals surface area (Å²) in [5, 5.41) is 23.7. The van der Waals surface area contributed by atoms with Crippen molar-refractivity contribution in [3.63, 3.8) is 0 Å². The van der Waals surface area contributed by atoms with Gasteiger partial charge in [0.25, 0.3) is 17.6 Å². The van der Waals surface area contributed by atoms with Gasteiger partial charge in [-0.1, -0.05) is 0 Å². The summed E-state index contributed by atoms with van der Waals surface area (Å²) in [7, 11) is 1.54. The molecule has 0 fully saturated rings. The molecule has 2 aromatic rings. The van der Waals surface area contributed by atoms with Crippen LogP contribution in [0.15, 0.2) is 12.3 Å². The lowest BCUT2D eigenvalue weighted by Gasteiger charge is -2.18. The monoisotopic (exact) mass is 420 g/mol. The fourth-order valence-electron chi connectivity index (χ4n) is 3.11. The van der Waals surface area contributed by atoms with Crippen molar-refractivity contribution in [2.75, 3.05) is 11.9 Å². The van der Waals surface area contributed by atoms with Crippen molar-refractivity contribution in [2.45, 2.75) is 39.8 Å². The minimum Gasteiger partial charge on any atom is -0.394 e. The molecule has 0 unspecified atom stereocenters. The molecule has 30 heavy (non-hydrogen) atoms. The first-order valence-electron chi connectivity index (χ1n) is 9.23. The molecule has 2 aromatic heterocycles. The van der Waals surface area contributed by atoms with Crippen molar-refractivity contribution in [1.82, 2.24) is 14.9 Å². The second-order valence-corrected chi connectivity index (χ2v) is 7.11. The highest BCUT2D eigenvalue weighted by molar-refractivity contribution is 6.43. The highest BCUT2D eigenvalue weighted by Gasteiger charge is 2.30. The lowest BCUT2D eigenvalue weighted by Crippen LogP contribution is -2.47. The van der Waals surface area contributed by atoms with Crippen LogP contribution in [0.25, 0.3) is 0 Å².